The van der Waals surface area contributed by atoms with Crippen LogP contribution in [0.5, 0.6) is 0 Å². The number of benzene rings is 1. The van der Waals surface area contributed by atoms with Crippen LogP contribution in [0.2, 0.25) is 0 Å². The Labute approximate surface area is 104 Å². The Morgan fingerprint density at radius 2 is 1.69 bits per heavy atom. The van der Waals surface area contributed by atoms with Gasteiger partial charge in [0.1, 0.15) is 11.6 Å². The molecule has 0 saturated carbocycles. The van der Waals surface area contributed by atoms with Gasteiger partial charge in [0.15, 0.2) is 0 Å². The molecule has 1 aromatic carbocycles. The van der Waals surface area contributed by atoms with Crippen molar-refractivity contribution < 1.29 is 8.78 Å². The van der Waals surface area contributed by atoms with Crippen molar-refractivity contribution in [2.45, 2.75) is 32.9 Å². The summed E-state index contributed by atoms with van der Waals surface area (Å²) in [5.41, 5.74) is 0.274. The molecule has 0 amide bonds. The lowest BCUT2D eigenvalue weighted by Crippen LogP contribution is -2.37. The van der Waals surface area contributed by atoms with Crippen molar-refractivity contribution in [3.63, 3.8) is 0 Å². The molecule has 0 spiro atoms. The SMILES string of the molecule is CN(Cc1c(F)ccc(F)c1Br)C(C)(C)C. The van der Waals surface area contributed by atoms with Crippen molar-refractivity contribution in [3.05, 3.63) is 33.8 Å². The van der Waals surface area contributed by atoms with E-state index in [1.165, 1.54) is 0 Å². The van der Waals surface area contributed by atoms with E-state index < -0.39 is 5.82 Å². The normalized spacial score (nSPS) is 12.2. The monoisotopic (exact) mass is 291 g/mol. The second-order valence-electron chi connectivity index (χ2n) is 4.85. The highest BCUT2D eigenvalue weighted by atomic mass is 79.9. The smallest absolute Gasteiger partial charge is 0.137 e. The van der Waals surface area contributed by atoms with Crippen LogP contribution >= 0.6 is 15.9 Å². The van der Waals surface area contributed by atoms with E-state index in [4.69, 9.17) is 0 Å². The lowest BCUT2D eigenvalue weighted by Gasteiger charge is -2.32. The third kappa shape index (κ3) is 3.01. The van der Waals surface area contributed by atoms with Crippen LogP contribution in [0, 0.1) is 11.6 Å². The molecule has 0 aliphatic carbocycles. The molecule has 16 heavy (non-hydrogen) atoms. The van der Waals surface area contributed by atoms with Gasteiger partial charge in [0.2, 0.25) is 0 Å². The first kappa shape index (κ1) is 13.6. The fourth-order valence-corrected chi connectivity index (χ4v) is 1.64. The zero-order valence-corrected chi connectivity index (χ0v) is 11.5. The van der Waals surface area contributed by atoms with Gasteiger partial charge in [-0.25, -0.2) is 8.78 Å². The van der Waals surface area contributed by atoms with Crippen LogP contribution < -0.4 is 0 Å². The van der Waals surface area contributed by atoms with Crippen LogP contribution in [0.1, 0.15) is 26.3 Å². The van der Waals surface area contributed by atoms with E-state index in [1.54, 1.807) is 0 Å². The van der Waals surface area contributed by atoms with Gasteiger partial charge in [-0.1, -0.05) is 0 Å². The molecule has 1 aromatic rings. The minimum atomic E-state index is -0.432. The molecule has 4 heteroatoms. The quantitative estimate of drug-likeness (QED) is 0.746. The van der Waals surface area contributed by atoms with Gasteiger partial charge in [-0.15, -0.1) is 0 Å². The molecule has 0 radical (unpaired) electrons. The predicted octanol–water partition coefficient (Wildman–Crippen LogP) is 3.96. The first-order chi connectivity index (χ1) is 7.23. The van der Waals surface area contributed by atoms with Crippen LogP contribution in [0.3, 0.4) is 0 Å². The van der Waals surface area contributed by atoms with Crippen LogP contribution in [0.15, 0.2) is 16.6 Å². The Morgan fingerprint density at radius 3 is 2.19 bits per heavy atom. The minimum absolute atomic E-state index is 0.0851. The maximum atomic E-state index is 13.6. The Kier molecular flexibility index (Phi) is 4.07. The molecule has 1 nitrogen and oxygen atoms in total. The topological polar surface area (TPSA) is 3.24 Å². The van der Waals surface area contributed by atoms with Crippen molar-refractivity contribution in [2.75, 3.05) is 7.05 Å². The molecular weight excluding hydrogens is 276 g/mol. The van der Waals surface area contributed by atoms with E-state index in [-0.39, 0.29) is 15.8 Å². The average molecular weight is 292 g/mol. The van der Waals surface area contributed by atoms with Crippen molar-refractivity contribution in [3.8, 4) is 0 Å². The second kappa shape index (κ2) is 4.80. The van der Waals surface area contributed by atoms with Gasteiger partial charge in [-0.3, -0.25) is 4.90 Å². The van der Waals surface area contributed by atoms with Gasteiger partial charge in [-0.05, 0) is 55.9 Å². The first-order valence-corrected chi connectivity index (χ1v) is 5.86. The molecule has 0 aliphatic heterocycles. The van der Waals surface area contributed by atoms with E-state index in [2.05, 4.69) is 15.9 Å². The van der Waals surface area contributed by atoms with Crippen molar-refractivity contribution in [2.24, 2.45) is 0 Å². The summed E-state index contributed by atoms with van der Waals surface area (Å²) in [5.74, 6) is -0.817. The number of rotatable bonds is 2. The summed E-state index contributed by atoms with van der Waals surface area (Å²) in [6.45, 7) is 6.45. The molecule has 90 valence electrons. The largest absolute Gasteiger partial charge is 0.297 e. The summed E-state index contributed by atoms with van der Waals surface area (Å²) in [6, 6.07) is 2.28. The molecule has 0 unspecified atom stereocenters. The number of halogens is 3. The third-order valence-electron chi connectivity index (χ3n) is 2.68. The maximum absolute atomic E-state index is 13.6. The van der Waals surface area contributed by atoms with Crippen molar-refractivity contribution in [1.82, 2.24) is 4.90 Å². The predicted molar refractivity (Wildman–Crippen MR) is 65.3 cm³/mol. The van der Waals surface area contributed by atoms with E-state index in [1.807, 2.05) is 32.7 Å². The Balaban J connectivity index is 3.02. The van der Waals surface area contributed by atoms with Crippen LogP contribution in [-0.4, -0.2) is 17.5 Å². The van der Waals surface area contributed by atoms with Crippen LogP contribution in [0.25, 0.3) is 0 Å². The summed E-state index contributed by atoms with van der Waals surface area (Å²) >= 11 is 3.08. The zero-order chi connectivity index (χ0) is 12.5. The Bertz CT molecular complexity index is 385. The molecule has 0 N–H and O–H groups in total. The molecule has 0 fully saturated rings. The summed E-state index contributed by atoms with van der Waals surface area (Å²) in [4.78, 5) is 1.97. The van der Waals surface area contributed by atoms with Crippen LogP contribution in [0.4, 0.5) is 8.78 Å². The van der Waals surface area contributed by atoms with Gasteiger partial charge in [-0.2, -0.15) is 0 Å². The van der Waals surface area contributed by atoms with E-state index in [0.29, 0.717) is 12.1 Å². The summed E-state index contributed by atoms with van der Waals surface area (Å²) in [5, 5.41) is 0. The van der Waals surface area contributed by atoms with Gasteiger partial charge < -0.3 is 0 Å². The highest BCUT2D eigenvalue weighted by molar-refractivity contribution is 9.10. The standard InChI is InChI=1S/C12H16BrF2N/c1-12(2,3)16(4)7-8-9(14)5-6-10(15)11(8)13/h5-6H,7H2,1-4H3. The molecule has 0 bridgehead atoms. The molecule has 0 aromatic heterocycles. The first-order valence-electron chi connectivity index (χ1n) is 5.07. The van der Waals surface area contributed by atoms with Gasteiger partial charge >= 0.3 is 0 Å². The highest BCUT2D eigenvalue weighted by Crippen LogP contribution is 2.26. The molecule has 1 rings (SSSR count). The fourth-order valence-electron chi connectivity index (χ4n) is 1.19. The number of hydrogen-bond acceptors (Lipinski definition) is 1. The lowest BCUT2D eigenvalue weighted by molar-refractivity contribution is 0.165. The summed E-state index contributed by atoms with van der Waals surface area (Å²) < 4.78 is 27.0. The Hall–Kier alpha value is -0.480. The molecule has 0 aliphatic rings. The van der Waals surface area contributed by atoms with Gasteiger partial charge in [0, 0.05) is 17.6 Å². The third-order valence-corrected chi connectivity index (χ3v) is 3.54. The lowest BCUT2D eigenvalue weighted by atomic mass is 10.1. The number of nitrogens with zero attached hydrogens (tertiary/aromatic N) is 1. The van der Waals surface area contributed by atoms with E-state index in [0.717, 1.165) is 12.1 Å². The van der Waals surface area contributed by atoms with Gasteiger partial charge in [0.25, 0.3) is 0 Å². The molecular formula is C12H16BrF2N. The average Bonchev–Trinajstić information content (AvgIpc) is 2.17. The molecule has 0 atom stereocenters. The van der Waals surface area contributed by atoms with Crippen molar-refractivity contribution in [1.29, 1.82) is 0 Å². The highest BCUT2D eigenvalue weighted by Gasteiger charge is 2.20. The van der Waals surface area contributed by atoms with Gasteiger partial charge in [0.05, 0.1) is 4.47 Å². The zero-order valence-electron chi connectivity index (χ0n) is 9.94. The molecule has 0 heterocycles. The maximum Gasteiger partial charge on any atom is 0.137 e. The number of hydrogen-bond donors (Lipinski definition) is 0. The Morgan fingerprint density at radius 1 is 1.19 bits per heavy atom. The van der Waals surface area contributed by atoms with Crippen LogP contribution in [-0.2, 0) is 6.54 Å². The second-order valence-corrected chi connectivity index (χ2v) is 5.64. The fraction of sp³-hybridized carbons (Fsp3) is 0.500. The van der Waals surface area contributed by atoms with Crippen molar-refractivity contribution >= 4 is 15.9 Å². The summed E-state index contributed by atoms with van der Waals surface area (Å²) in [6.07, 6.45) is 0. The minimum Gasteiger partial charge on any atom is -0.297 e. The summed E-state index contributed by atoms with van der Waals surface area (Å²) in [7, 11) is 1.89. The molecule has 0 saturated heterocycles. The van der Waals surface area contributed by atoms with E-state index >= 15 is 0 Å². The van der Waals surface area contributed by atoms with E-state index in [9.17, 15) is 8.78 Å².